The van der Waals surface area contributed by atoms with Gasteiger partial charge in [-0.2, -0.15) is 0 Å². The van der Waals surface area contributed by atoms with Crippen molar-refractivity contribution in [2.75, 3.05) is 12.3 Å². The van der Waals surface area contributed by atoms with Crippen LogP contribution in [0, 0.1) is 0 Å². The third-order valence-corrected chi connectivity index (χ3v) is 2.97. The lowest BCUT2D eigenvalue weighted by molar-refractivity contribution is -0.123. The van der Waals surface area contributed by atoms with E-state index in [1.807, 2.05) is 13.8 Å². The van der Waals surface area contributed by atoms with E-state index < -0.39 is 5.97 Å². The Hall–Kier alpha value is -2.24. The van der Waals surface area contributed by atoms with Crippen LogP contribution in [0.4, 0.5) is 5.69 Å². The molecule has 1 rings (SSSR count). The number of amides is 1. The number of anilines is 1. The fourth-order valence-corrected chi connectivity index (χ4v) is 1.78. The second kappa shape index (κ2) is 7.37. The quantitative estimate of drug-likeness (QED) is 0.659. The third-order valence-electron chi connectivity index (χ3n) is 2.97. The Morgan fingerprint density at radius 2 is 2.00 bits per heavy atom. The van der Waals surface area contributed by atoms with Crippen LogP contribution in [0.25, 0.3) is 0 Å². The summed E-state index contributed by atoms with van der Waals surface area (Å²) in [6.07, 6.45) is 1.66. The van der Waals surface area contributed by atoms with Crippen LogP contribution in [-0.4, -0.2) is 29.6 Å². The number of nitrogen functional groups attached to an aromatic ring is 1. The molecule has 0 aliphatic heterocycles. The molecule has 0 atom stereocenters. The van der Waals surface area contributed by atoms with Gasteiger partial charge in [-0.25, -0.2) is 4.79 Å². The maximum atomic E-state index is 11.7. The zero-order valence-corrected chi connectivity index (χ0v) is 11.7. The van der Waals surface area contributed by atoms with Gasteiger partial charge in [0, 0.05) is 6.04 Å². The zero-order valence-electron chi connectivity index (χ0n) is 11.7. The highest BCUT2D eigenvalue weighted by Crippen LogP contribution is 2.26. The summed E-state index contributed by atoms with van der Waals surface area (Å²) in [6.45, 7) is 3.70. The number of hydrogen-bond donors (Lipinski definition) is 3. The van der Waals surface area contributed by atoms with E-state index in [2.05, 4.69) is 5.32 Å². The van der Waals surface area contributed by atoms with Gasteiger partial charge < -0.3 is 20.9 Å². The number of hydrogen-bond acceptors (Lipinski definition) is 4. The monoisotopic (exact) mass is 280 g/mol. The fourth-order valence-electron chi connectivity index (χ4n) is 1.78. The molecule has 20 heavy (non-hydrogen) atoms. The van der Waals surface area contributed by atoms with Crippen molar-refractivity contribution in [3.63, 3.8) is 0 Å². The molecule has 1 amide bonds. The summed E-state index contributed by atoms with van der Waals surface area (Å²) in [5.41, 5.74) is 5.82. The summed E-state index contributed by atoms with van der Waals surface area (Å²) in [7, 11) is 0. The van der Waals surface area contributed by atoms with Crippen molar-refractivity contribution in [3.05, 3.63) is 23.8 Å². The number of rotatable bonds is 7. The van der Waals surface area contributed by atoms with Crippen LogP contribution >= 0.6 is 0 Å². The molecule has 0 aliphatic carbocycles. The number of carboxylic acids is 1. The van der Waals surface area contributed by atoms with Gasteiger partial charge in [0.2, 0.25) is 0 Å². The highest BCUT2D eigenvalue weighted by molar-refractivity contribution is 5.93. The van der Waals surface area contributed by atoms with Crippen molar-refractivity contribution in [1.29, 1.82) is 0 Å². The maximum absolute atomic E-state index is 11.7. The van der Waals surface area contributed by atoms with Crippen molar-refractivity contribution in [2.45, 2.75) is 32.7 Å². The summed E-state index contributed by atoms with van der Waals surface area (Å²) in [5, 5.41) is 11.8. The average Bonchev–Trinajstić information content (AvgIpc) is 2.42. The van der Waals surface area contributed by atoms with Crippen molar-refractivity contribution in [3.8, 4) is 5.75 Å². The van der Waals surface area contributed by atoms with Crippen LogP contribution in [0.15, 0.2) is 18.2 Å². The van der Waals surface area contributed by atoms with Crippen LogP contribution in [-0.2, 0) is 4.79 Å². The van der Waals surface area contributed by atoms with Gasteiger partial charge in [-0.1, -0.05) is 19.9 Å². The minimum atomic E-state index is -1.15. The second-order valence-corrected chi connectivity index (χ2v) is 4.40. The summed E-state index contributed by atoms with van der Waals surface area (Å²) < 4.78 is 5.26. The molecule has 0 fully saturated rings. The summed E-state index contributed by atoms with van der Waals surface area (Å²) >= 11 is 0. The van der Waals surface area contributed by atoms with Gasteiger partial charge >= 0.3 is 5.97 Å². The molecule has 0 spiro atoms. The fraction of sp³-hybridized carbons (Fsp3) is 0.429. The molecule has 1 aromatic rings. The van der Waals surface area contributed by atoms with Crippen LogP contribution in [0.1, 0.15) is 37.0 Å². The first-order valence-electron chi connectivity index (χ1n) is 6.53. The van der Waals surface area contributed by atoms with Crippen molar-refractivity contribution in [1.82, 2.24) is 5.32 Å². The van der Waals surface area contributed by atoms with Crippen LogP contribution in [0.2, 0.25) is 0 Å². The molecule has 0 aromatic heterocycles. The Morgan fingerprint density at radius 3 is 2.55 bits per heavy atom. The van der Waals surface area contributed by atoms with Crippen molar-refractivity contribution < 1.29 is 19.4 Å². The molecule has 0 bridgehead atoms. The largest absolute Gasteiger partial charge is 0.481 e. The summed E-state index contributed by atoms with van der Waals surface area (Å²) in [6, 6.07) is 4.53. The van der Waals surface area contributed by atoms with Gasteiger partial charge in [0.05, 0.1) is 5.69 Å². The first kappa shape index (κ1) is 15.8. The number of carbonyl (C=O) groups is 2. The first-order chi connectivity index (χ1) is 9.49. The van der Waals surface area contributed by atoms with Crippen molar-refractivity contribution >= 4 is 17.6 Å². The Balaban J connectivity index is 2.70. The highest BCUT2D eigenvalue weighted by Gasteiger charge is 2.16. The molecule has 0 heterocycles. The molecular weight excluding hydrogens is 260 g/mol. The van der Waals surface area contributed by atoms with E-state index in [9.17, 15) is 9.59 Å². The smallest absolute Gasteiger partial charge is 0.339 e. The minimum Gasteiger partial charge on any atom is -0.481 e. The Bertz CT molecular complexity index is 484. The van der Waals surface area contributed by atoms with Crippen LogP contribution in [0.5, 0.6) is 5.75 Å². The zero-order chi connectivity index (χ0) is 15.1. The Kier molecular flexibility index (Phi) is 5.83. The van der Waals surface area contributed by atoms with Gasteiger partial charge in [0.15, 0.2) is 12.4 Å². The Morgan fingerprint density at radius 1 is 1.35 bits per heavy atom. The molecule has 1 aromatic carbocycles. The number of benzene rings is 1. The molecule has 0 unspecified atom stereocenters. The van der Waals surface area contributed by atoms with E-state index in [1.165, 1.54) is 18.2 Å². The molecular formula is C14H20N2O4. The van der Waals surface area contributed by atoms with E-state index in [4.69, 9.17) is 15.6 Å². The number of carboxylic acid groups (broad SMARTS) is 1. The number of carbonyl (C=O) groups excluding carboxylic acids is 1. The standard InChI is InChI=1S/C14H20N2O4/c1-3-9(4-2)16-12(17)8-20-13-10(14(18)19)6-5-7-11(13)15/h5-7,9H,3-4,8,15H2,1-2H3,(H,16,17)(H,18,19). The van der Waals surface area contributed by atoms with E-state index in [0.29, 0.717) is 0 Å². The van der Waals surface area contributed by atoms with Gasteiger partial charge in [-0.3, -0.25) is 4.79 Å². The van der Waals surface area contributed by atoms with Gasteiger partial charge in [-0.05, 0) is 25.0 Å². The Labute approximate surface area is 117 Å². The van der Waals surface area contributed by atoms with E-state index in [0.717, 1.165) is 12.8 Å². The second-order valence-electron chi connectivity index (χ2n) is 4.40. The first-order valence-corrected chi connectivity index (χ1v) is 6.53. The molecule has 0 saturated heterocycles. The molecule has 0 aliphatic rings. The molecule has 4 N–H and O–H groups in total. The summed E-state index contributed by atoms with van der Waals surface area (Å²) in [5.74, 6) is -1.41. The predicted octanol–water partition coefficient (Wildman–Crippen LogP) is 1.65. The van der Waals surface area contributed by atoms with Crippen molar-refractivity contribution in [2.24, 2.45) is 0 Å². The highest BCUT2D eigenvalue weighted by atomic mass is 16.5. The van der Waals surface area contributed by atoms with E-state index >= 15 is 0 Å². The van der Waals surface area contributed by atoms with E-state index in [1.54, 1.807) is 0 Å². The molecule has 6 heteroatoms. The summed E-state index contributed by atoms with van der Waals surface area (Å²) in [4.78, 5) is 22.8. The lowest BCUT2D eigenvalue weighted by Gasteiger charge is -2.16. The molecule has 110 valence electrons. The number of para-hydroxylation sites is 1. The normalized spacial score (nSPS) is 10.3. The topological polar surface area (TPSA) is 102 Å². The van der Waals surface area contributed by atoms with Gasteiger partial charge in [0.25, 0.3) is 5.91 Å². The van der Waals surface area contributed by atoms with Crippen LogP contribution < -0.4 is 15.8 Å². The van der Waals surface area contributed by atoms with Gasteiger partial charge in [0.1, 0.15) is 5.56 Å². The average molecular weight is 280 g/mol. The number of aromatic carboxylic acids is 1. The van der Waals surface area contributed by atoms with Gasteiger partial charge in [-0.15, -0.1) is 0 Å². The third kappa shape index (κ3) is 4.15. The lowest BCUT2D eigenvalue weighted by atomic mass is 10.1. The molecule has 0 radical (unpaired) electrons. The van der Waals surface area contributed by atoms with Crippen LogP contribution in [0.3, 0.4) is 0 Å². The predicted molar refractivity (Wildman–Crippen MR) is 75.8 cm³/mol. The SMILES string of the molecule is CCC(CC)NC(=O)COc1c(N)cccc1C(=O)O. The maximum Gasteiger partial charge on any atom is 0.339 e. The minimum absolute atomic E-state index is 0.0275. The number of nitrogens with one attached hydrogen (secondary N) is 1. The molecule has 0 saturated carbocycles. The van der Waals surface area contributed by atoms with E-state index in [-0.39, 0.29) is 35.6 Å². The number of ether oxygens (including phenoxy) is 1. The molecule has 6 nitrogen and oxygen atoms in total. The number of nitrogens with two attached hydrogens (primary N) is 1. The lowest BCUT2D eigenvalue weighted by Crippen LogP contribution is -2.37.